The van der Waals surface area contributed by atoms with E-state index in [1.54, 1.807) is 31.2 Å². The number of amides is 1. The summed E-state index contributed by atoms with van der Waals surface area (Å²) in [5.74, 6) is 1.91. The Bertz CT molecular complexity index is 830. The van der Waals surface area contributed by atoms with E-state index in [1.807, 2.05) is 17.9 Å². The van der Waals surface area contributed by atoms with Gasteiger partial charge in [-0.25, -0.2) is 14.8 Å². The summed E-state index contributed by atoms with van der Waals surface area (Å²) in [6.07, 6.45) is 0. The maximum atomic E-state index is 11.5. The number of methoxy groups -OCH3 is 1. The number of carbonyl (C=O) groups excluding carboxylic acids is 2. The largest absolute Gasteiger partial charge is 0.465 e. The fraction of sp³-hybridized carbons (Fsp3) is 0.368. The summed E-state index contributed by atoms with van der Waals surface area (Å²) in [4.78, 5) is 36.0. The Morgan fingerprint density at radius 2 is 1.74 bits per heavy atom. The molecule has 0 bridgehead atoms. The molecule has 2 aromatic rings. The van der Waals surface area contributed by atoms with E-state index < -0.39 is 0 Å². The van der Waals surface area contributed by atoms with E-state index in [2.05, 4.69) is 20.2 Å². The number of esters is 1. The second-order valence-corrected chi connectivity index (χ2v) is 6.35. The van der Waals surface area contributed by atoms with Crippen LogP contribution in [0.5, 0.6) is 0 Å². The van der Waals surface area contributed by atoms with Crippen molar-refractivity contribution >= 4 is 29.2 Å². The zero-order valence-electron chi connectivity index (χ0n) is 15.7. The quantitative estimate of drug-likeness (QED) is 0.825. The molecule has 8 nitrogen and oxygen atoms in total. The van der Waals surface area contributed by atoms with Gasteiger partial charge in [0.2, 0.25) is 5.91 Å². The van der Waals surface area contributed by atoms with Gasteiger partial charge in [0.1, 0.15) is 17.5 Å². The molecule has 1 fully saturated rings. The molecule has 0 spiro atoms. The topological polar surface area (TPSA) is 87.7 Å². The van der Waals surface area contributed by atoms with E-state index in [4.69, 9.17) is 4.74 Å². The van der Waals surface area contributed by atoms with Crippen molar-refractivity contribution in [2.24, 2.45) is 0 Å². The molecule has 3 rings (SSSR count). The first-order valence-electron chi connectivity index (χ1n) is 8.78. The van der Waals surface area contributed by atoms with Gasteiger partial charge in [0, 0.05) is 44.9 Å². The molecule has 0 saturated carbocycles. The average molecular weight is 369 g/mol. The molecule has 1 aliphatic rings. The number of ether oxygens (including phenoxy) is 1. The zero-order valence-corrected chi connectivity index (χ0v) is 15.7. The van der Waals surface area contributed by atoms with E-state index >= 15 is 0 Å². The van der Waals surface area contributed by atoms with E-state index in [0.717, 1.165) is 24.6 Å². The summed E-state index contributed by atoms with van der Waals surface area (Å²) in [6.45, 7) is 6.30. The third-order valence-electron chi connectivity index (χ3n) is 4.45. The molecule has 0 aliphatic carbocycles. The SMILES string of the molecule is COC(=O)c1ccc(Nc2cc(N3CCN(C(C)=O)CC3)nc(C)n2)cc1. The van der Waals surface area contributed by atoms with Gasteiger partial charge in [0.15, 0.2) is 0 Å². The van der Waals surface area contributed by atoms with Crippen molar-refractivity contribution < 1.29 is 14.3 Å². The summed E-state index contributed by atoms with van der Waals surface area (Å²) in [7, 11) is 1.36. The highest BCUT2D eigenvalue weighted by molar-refractivity contribution is 5.89. The van der Waals surface area contributed by atoms with Crippen LogP contribution in [0.3, 0.4) is 0 Å². The third kappa shape index (κ3) is 4.52. The van der Waals surface area contributed by atoms with Crippen molar-refractivity contribution in [1.29, 1.82) is 0 Å². The normalized spacial score (nSPS) is 14.0. The number of nitrogens with one attached hydrogen (secondary N) is 1. The van der Waals surface area contributed by atoms with Gasteiger partial charge < -0.3 is 19.9 Å². The summed E-state index contributed by atoms with van der Waals surface area (Å²) in [5.41, 5.74) is 1.30. The smallest absolute Gasteiger partial charge is 0.337 e. The minimum absolute atomic E-state index is 0.103. The molecule has 1 amide bonds. The number of hydrogen-bond acceptors (Lipinski definition) is 7. The Kier molecular flexibility index (Phi) is 5.54. The molecule has 1 aliphatic heterocycles. The van der Waals surface area contributed by atoms with E-state index in [9.17, 15) is 9.59 Å². The minimum Gasteiger partial charge on any atom is -0.465 e. The standard InChI is InChI=1S/C19H23N5O3/c1-13-20-17(22-16-6-4-15(5-7-16)19(26)27-3)12-18(21-13)24-10-8-23(9-11-24)14(2)25/h4-7,12H,8-11H2,1-3H3,(H,20,21,22). The molecule has 1 aromatic carbocycles. The average Bonchev–Trinajstić information content (AvgIpc) is 2.67. The monoisotopic (exact) mass is 369 g/mol. The molecule has 1 aromatic heterocycles. The highest BCUT2D eigenvalue weighted by atomic mass is 16.5. The van der Waals surface area contributed by atoms with Crippen LogP contribution in [-0.4, -0.2) is 60.0 Å². The van der Waals surface area contributed by atoms with Crippen LogP contribution >= 0.6 is 0 Å². The number of nitrogens with zero attached hydrogens (tertiary/aromatic N) is 4. The lowest BCUT2D eigenvalue weighted by Crippen LogP contribution is -2.48. The fourth-order valence-electron chi connectivity index (χ4n) is 2.98. The maximum absolute atomic E-state index is 11.5. The number of aryl methyl sites for hydroxylation is 1. The Balaban J connectivity index is 1.72. The number of piperazine rings is 1. The van der Waals surface area contributed by atoms with Crippen LogP contribution in [0, 0.1) is 6.92 Å². The number of benzene rings is 1. The fourth-order valence-corrected chi connectivity index (χ4v) is 2.98. The van der Waals surface area contributed by atoms with Gasteiger partial charge >= 0.3 is 5.97 Å². The molecule has 8 heteroatoms. The summed E-state index contributed by atoms with van der Waals surface area (Å²) < 4.78 is 4.71. The van der Waals surface area contributed by atoms with Crippen LogP contribution in [0.1, 0.15) is 23.1 Å². The van der Waals surface area contributed by atoms with E-state index in [1.165, 1.54) is 7.11 Å². The summed E-state index contributed by atoms with van der Waals surface area (Å²) in [6, 6.07) is 8.89. The molecular weight excluding hydrogens is 346 g/mol. The number of carbonyl (C=O) groups is 2. The van der Waals surface area contributed by atoms with Crippen LogP contribution in [-0.2, 0) is 9.53 Å². The maximum Gasteiger partial charge on any atom is 0.337 e. The van der Waals surface area contributed by atoms with Crippen molar-refractivity contribution in [2.75, 3.05) is 43.5 Å². The first-order valence-corrected chi connectivity index (χ1v) is 8.78. The van der Waals surface area contributed by atoms with E-state index in [0.29, 0.717) is 30.3 Å². The molecule has 1 saturated heterocycles. The Morgan fingerprint density at radius 3 is 2.33 bits per heavy atom. The molecule has 27 heavy (non-hydrogen) atoms. The lowest BCUT2D eigenvalue weighted by molar-refractivity contribution is -0.129. The molecular formula is C19H23N5O3. The van der Waals surface area contributed by atoms with Gasteiger partial charge in [0.25, 0.3) is 0 Å². The zero-order chi connectivity index (χ0) is 19.4. The lowest BCUT2D eigenvalue weighted by Gasteiger charge is -2.35. The second kappa shape index (κ2) is 8.03. The van der Waals surface area contributed by atoms with Crippen molar-refractivity contribution in [3.8, 4) is 0 Å². The first-order chi connectivity index (χ1) is 13.0. The Morgan fingerprint density at radius 1 is 1.07 bits per heavy atom. The summed E-state index contributed by atoms with van der Waals surface area (Å²) in [5, 5.41) is 3.24. The lowest BCUT2D eigenvalue weighted by atomic mass is 10.2. The van der Waals surface area contributed by atoms with Crippen molar-refractivity contribution in [3.63, 3.8) is 0 Å². The number of aromatic nitrogens is 2. The van der Waals surface area contributed by atoms with Crippen LogP contribution in [0.25, 0.3) is 0 Å². The number of rotatable bonds is 4. The van der Waals surface area contributed by atoms with Gasteiger partial charge in [-0.15, -0.1) is 0 Å². The summed E-state index contributed by atoms with van der Waals surface area (Å²) >= 11 is 0. The Labute approximate surface area is 158 Å². The van der Waals surface area contributed by atoms with Crippen LogP contribution in [0.15, 0.2) is 30.3 Å². The van der Waals surface area contributed by atoms with Gasteiger partial charge in [-0.1, -0.05) is 0 Å². The third-order valence-corrected chi connectivity index (χ3v) is 4.45. The molecule has 0 radical (unpaired) electrons. The van der Waals surface area contributed by atoms with Gasteiger partial charge in [-0.3, -0.25) is 4.79 Å². The number of anilines is 3. The van der Waals surface area contributed by atoms with Gasteiger partial charge in [-0.05, 0) is 31.2 Å². The van der Waals surface area contributed by atoms with Crippen LogP contribution in [0.2, 0.25) is 0 Å². The predicted molar refractivity (Wildman–Crippen MR) is 102 cm³/mol. The number of hydrogen-bond donors (Lipinski definition) is 1. The van der Waals surface area contributed by atoms with Crippen LogP contribution < -0.4 is 10.2 Å². The molecule has 142 valence electrons. The second-order valence-electron chi connectivity index (χ2n) is 6.35. The van der Waals surface area contributed by atoms with Crippen LogP contribution in [0.4, 0.5) is 17.3 Å². The minimum atomic E-state index is -0.369. The Hall–Kier alpha value is -3.16. The molecule has 0 unspecified atom stereocenters. The highest BCUT2D eigenvalue weighted by Crippen LogP contribution is 2.21. The first kappa shape index (κ1) is 18.6. The highest BCUT2D eigenvalue weighted by Gasteiger charge is 2.20. The predicted octanol–water partition coefficient (Wildman–Crippen LogP) is 1.98. The van der Waals surface area contributed by atoms with Crippen molar-refractivity contribution in [3.05, 3.63) is 41.7 Å². The molecule has 0 atom stereocenters. The molecule has 2 heterocycles. The van der Waals surface area contributed by atoms with Gasteiger partial charge in [-0.2, -0.15) is 0 Å². The van der Waals surface area contributed by atoms with Crippen molar-refractivity contribution in [1.82, 2.24) is 14.9 Å². The van der Waals surface area contributed by atoms with Gasteiger partial charge in [0.05, 0.1) is 12.7 Å². The van der Waals surface area contributed by atoms with E-state index in [-0.39, 0.29) is 11.9 Å². The molecule has 1 N–H and O–H groups in total. The van der Waals surface area contributed by atoms with Crippen molar-refractivity contribution in [2.45, 2.75) is 13.8 Å².